The number of rotatable bonds is 4. The predicted octanol–water partition coefficient (Wildman–Crippen LogP) is 3.19. The predicted molar refractivity (Wildman–Crippen MR) is 71.6 cm³/mol. The van der Waals surface area contributed by atoms with Crippen molar-refractivity contribution in [2.24, 2.45) is 5.73 Å². The van der Waals surface area contributed by atoms with Crippen LogP contribution in [0.4, 0.5) is 0 Å². The molecule has 94 valence electrons. The number of hydrogen-bond donors (Lipinski definition) is 1. The van der Waals surface area contributed by atoms with Gasteiger partial charge in [-0.25, -0.2) is 0 Å². The molecular formula is C13H18BrNO2. The molecule has 0 heterocycles. The molecule has 1 aliphatic rings. The fraction of sp³-hybridized carbons (Fsp3) is 0.538. The summed E-state index contributed by atoms with van der Waals surface area (Å²) >= 11 is 3.55. The summed E-state index contributed by atoms with van der Waals surface area (Å²) in [6.07, 6.45) is 2.17. The van der Waals surface area contributed by atoms with Crippen LogP contribution in [-0.2, 0) is 5.54 Å². The molecule has 0 amide bonds. The molecule has 2 N–H and O–H groups in total. The maximum Gasteiger partial charge on any atom is 0.161 e. The van der Waals surface area contributed by atoms with Crippen molar-refractivity contribution in [3.8, 4) is 11.5 Å². The van der Waals surface area contributed by atoms with Gasteiger partial charge in [-0.15, -0.1) is 0 Å². The summed E-state index contributed by atoms with van der Waals surface area (Å²) in [6, 6.07) is 3.93. The van der Waals surface area contributed by atoms with Crippen LogP contribution in [0.5, 0.6) is 11.5 Å². The number of ether oxygens (including phenoxy) is 2. The summed E-state index contributed by atoms with van der Waals surface area (Å²) < 4.78 is 12.1. The van der Waals surface area contributed by atoms with Crippen molar-refractivity contribution in [2.75, 3.05) is 7.11 Å². The van der Waals surface area contributed by atoms with Gasteiger partial charge in [-0.3, -0.25) is 0 Å². The molecule has 0 unspecified atom stereocenters. The second-order valence-electron chi connectivity index (χ2n) is 4.81. The van der Waals surface area contributed by atoms with Crippen LogP contribution in [0.25, 0.3) is 0 Å². The summed E-state index contributed by atoms with van der Waals surface area (Å²) in [5, 5.41) is 0. The molecule has 0 spiro atoms. The highest BCUT2D eigenvalue weighted by molar-refractivity contribution is 9.10. The van der Waals surface area contributed by atoms with E-state index in [0.29, 0.717) is 0 Å². The quantitative estimate of drug-likeness (QED) is 0.928. The minimum atomic E-state index is -0.180. The lowest BCUT2D eigenvalue weighted by atomic mass is 10.1. The molecule has 0 bridgehead atoms. The van der Waals surface area contributed by atoms with Crippen molar-refractivity contribution in [1.82, 2.24) is 0 Å². The fourth-order valence-electron chi connectivity index (χ4n) is 1.83. The van der Waals surface area contributed by atoms with Gasteiger partial charge in [-0.1, -0.05) is 15.9 Å². The zero-order chi connectivity index (χ0) is 12.6. The van der Waals surface area contributed by atoms with Gasteiger partial charge in [-0.05, 0) is 44.4 Å². The molecule has 1 aromatic carbocycles. The molecule has 1 aliphatic carbocycles. The van der Waals surface area contributed by atoms with Crippen molar-refractivity contribution in [3.63, 3.8) is 0 Å². The standard InChI is InChI=1S/C13H18BrNO2/c1-8(2)17-12-6-9(13(15)4-5-13)10(14)7-11(12)16-3/h6-8H,4-5,15H2,1-3H3. The third-order valence-corrected chi connectivity index (χ3v) is 3.60. The lowest BCUT2D eigenvalue weighted by Crippen LogP contribution is -2.20. The van der Waals surface area contributed by atoms with Crippen LogP contribution in [0.2, 0.25) is 0 Å². The summed E-state index contributed by atoms with van der Waals surface area (Å²) in [7, 11) is 1.64. The summed E-state index contributed by atoms with van der Waals surface area (Å²) in [5.74, 6) is 1.50. The van der Waals surface area contributed by atoms with Gasteiger partial charge in [-0.2, -0.15) is 0 Å². The van der Waals surface area contributed by atoms with Crippen LogP contribution in [-0.4, -0.2) is 13.2 Å². The van der Waals surface area contributed by atoms with Crippen molar-refractivity contribution >= 4 is 15.9 Å². The summed E-state index contributed by atoms with van der Waals surface area (Å²) in [4.78, 5) is 0. The molecular weight excluding hydrogens is 282 g/mol. The smallest absolute Gasteiger partial charge is 0.161 e. The molecule has 1 aromatic rings. The highest BCUT2D eigenvalue weighted by Crippen LogP contribution is 2.48. The van der Waals surface area contributed by atoms with Crippen LogP contribution in [0, 0.1) is 0 Å². The van der Waals surface area contributed by atoms with Gasteiger partial charge in [0.15, 0.2) is 11.5 Å². The van der Waals surface area contributed by atoms with Gasteiger partial charge in [0.25, 0.3) is 0 Å². The Hall–Kier alpha value is -0.740. The van der Waals surface area contributed by atoms with E-state index in [1.807, 2.05) is 26.0 Å². The SMILES string of the molecule is COc1cc(Br)c(C2(N)CC2)cc1OC(C)C. The fourth-order valence-corrected chi connectivity index (χ4v) is 2.54. The van der Waals surface area contributed by atoms with E-state index in [1.165, 1.54) is 0 Å². The molecule has 17 heavy (non-hydrogen) atoms. The largest absolute Gasteiger partial charge is 0.493 e. The van der Waals surface area contributed by atoms with Gasteiger partial charge in [0.05, 0.1) is 13.2 Å². The first-order chi connectivity index (χ1) is 7.96. The van der Waals surface area contributed by atoms with E-state index in [0.717, 1.165) is 34.4 Å². The van der Waals surface area contributed by atoms with Crippen LogP contribution >= 0.6 is 15.9 Å². The van der Waals surface area contributed by atoms with Crippen LogP contribution < -0.4 is 15.2 Å². The van der Waals surface area contributed by atoms with Gasteiger partial charge >= 0.3 is 0 Å². The zero-order valence-corrected chi connectivity index (χ0v) is 12.0. The Labute approximate surface area is 110 Å². The maximum absolute atomic E-state index is 6.23. The van der Waals surface area contributed by atoms with E-state index in [2.05, 4.69) is 15.9 Å². The zero-order valence-electron chi connectivity index (χ0n) is 10.4. The Balaban J connectivity index is 2.41. The number of benzene rings is 1. The Kier molecular flexibility index (Phi) is 3.36. The third kappa shape index (κ3) is 2.58. The second-order valence-corrected chi connectivity index (χ2v) is 5.66. The van der Waals surface area contributed by atoms with E-state index < -0.39 is 0 Å². The molecule has 0 saturated heterocycles. The number of methoxy groups -OCH3 is 1. The topological polar surface area (TPSA) is 44.5 Å². The van der Waals surface area contributed by atoms with Crippen LogP contribution in [0.15, 0.2) is 16.6 Å². The van der Waals surface area contributed by atoms with Crippen LogP contribution in [0.1, 0.15) is 32.3 Å². The van der Waals surface area contributed by atoms with Crippen molar-refractivity contribution in [2.45, 2.75) is 38.3 Å². The van der Waals surface area contributed by atoms with E-state index in [1.54, 1.807) is 7.11 Å². The molecule has 3 nitrogen and oxygen atoms in total. The monoisotopic (exact) mass is 299 g/mol. The first-order valence-electron chi connectivity index (χ1n) is 5.80. The first-order valence-corrected chi connectivity index (χ1v) is 6.59. The van der Waals surface area contributed by atoms with E-state index >= 15 is 0 Å². The van der Waals surface area contributed by atoms with E-state index in [9.17, 15) is 0 Å². The normalized spacial score (nSPS) is 17.1. The Morgan fingerprint density at radius 2 is 1.94 bits per heavy atom. The molecule has 0 aromatic heterocycles. The van der Waals surface area contributed by atoms with Gasteiger partial charge in [0.1, 0.15) is 0 Å². The van der Waals surface area contributed by atoms with Gasteiger partial charge in [0.2, 0.25) is 0 Å². The van der Waals surface area contributed by atoms with Crippen molar-refractivity contribution in [3.05, 3.63) is 22.2 Å². The summed E-state index contributed by atoms with van der Waals surface area (Å²) in [6.45, 7) is 3.99. The second kappa shape index (κ2) is 4.50. The molecule has 2 rings (SSSR count). The molecule has 0 aliphatic heterocycles. The molecule has 1 saturated carbocycles. The molecule has 0 atom stereocenters. The minimum Gasteiger partial charge on any atom is -0.493 e. The number of halogens is 1. The van der Waals surface area contributed by atoms with Crippen molar-refractivity contribution < 1.29 is 9.47 Å². The van der Waals surface area contributed by atoms with Crippen LogP contribution in [0.3, 0.4) is 0 Å². The molecule has 1 fully saturated rings. The summed E-state index contributed by atoms with van der Waals surface area (Å²) in [5.41, 5.74) is 7.16. The van der Waals surface area contributed by atoms with Gasteiger partial charge in [0, 0.05) is 10.0 Å². The maximum atomic E-state index is 6.23. The Bertz CT molecular complexity index is 428. The lowest BCUT2D eigenvalue weighted by molar-refractivity contribution is 0.229. The third-order valence-electron chi connectivity index (χ3n) is 2.94. The molecule has 4 heteroatoms. The Morgan fingerprint density at radius 3 is 2.41 bits per heavy atom. The average Bonchev–Trinajstić information content (AvgIpc) is 2.99. The lowest BCUT2D eigenvalue weighted by Gasteiger charge is -2.18. The van der Waals surface area contributed by atoms with Gasteiger partial charge < -0.3 is 15.2 Å². The highest BCUT2D eigenvalue weighted by Gasteiger charge is 2.42. The molecule has 0 radical (unpaired) electrons. The van der Waals surface area contributed by atoms with E-state index in [-0.39, 0.29) is 11.6 Å². The van der Waals surface area contributed by atoms with Crippen molar-refractivity contribution in [1.29, 1.82) is 0 Å². The number of hydrogen-bond acceptors (Lipinski definition) is 3. The highest BCUT2D eigenvalue weighted by atomic mass is 79.9. The number of nitrogens with two attached hydrogens (primary N) is 1. The Morgan fingerprint density at radius 1 is 1.29 bits per heavy atom. The average molecular weight is 300 g/mol. The first kappa shape index (κ1) is 12.7. The minimum absolute atomic E-state index is 0.117. The van der Waals surface area contributed by atoms with E-state index in [4.69, 9.17) is 15.2 Å².